The van der Waals surface area contributed by atoms with E-state index in [2.05, 4.69) is 32.7 Å². The van der Waals surface area contributed by atoms with Gasteiger partial charge in [0.1, 0.15) is 5.01 Å². The number of hydrazone groups is 1. The Morgan fingerprint density at radius 2 is 2.07 bits per heavy atom. The lowest BCUT2D eigenvalue weighted by atomic mass is 10.1. The van der Waals surface area contributed by atoms with E-state index in [-0.39, 0.29) is 0 Å². The molecule has 0 saturated heterocycles. The molecular formula is C20H24N6S. The summed E-state index contributed by atoms with van der Waals surface area (Å²) in [6, 6.07) is 8.07. The number of aliphatic imine (C=N–C) groups is 1. The van der Waals surface area contributed by atoms with Gasteiger partial charge in [-0.15, -0.1) is 11.3 Å². The molecule has 0 saturated carbocycles. The first kappa shape index (κ1) is 19.1. The van der Waals surface area contributed by atoms with E-state index in [1.54, 1.807) is 11.3 Å². The monoisotopic (exact) mass is 380 g/mol. The summed E-state index contributed by atoms with van der Waals surface area (Å²) >= 11 is 1.63. The molecule has 7 heteroatoms. The van der Waals surface area contributed by atoms with E-state index in [9.17, 15) is 0 Å². The van der Waals surface area contributed by atoms with Crippen LogP contribution in [-0.4, -0.2) is 35.3 Å². The summed E-state index contributed by atoms with van der Waals surface area (Å²) in [6.45, 7) is 9.39. The minimum absolute atomic E-state index is 0.496. The van der Waals surface area contributed by atoms with Crippen LogP contribution in [0.3, 0.4) is 0 Å². The summed E-state index contributed by atoms with van der Waals surface area (Å²) in [4.78, 5) is 10.0. The van der Waals surface area contributed by atoms with Gasteiger partial charge in [0.2, 0.25) is 5.96 Å². The number of aromatic nitrogens is 1. The third-order valence-electron chi connectivity index (χ3n) is 3.79. The maximum absolute atomic E-state index is 5.91. The van der Waals surface area contributed by atoms with Crippen molar-refractivity contribution in [3.8, 4) is 22.4 Å². The predicted octanol–water partition coefficient (Wildman–Crippen LogP) is 2.48. The Labute approximate surface area is 164 Å². The fourth-order valence-corrected chi connectivity index (χ4v) is 3.46. The normalized spacial score (nSPS) is 14.3. The van der Waals surface area contributed by atoms with Crippen LogP contribution in [0.5, 0.6) is 0 Å². The molecule has 0 spiro atoms. The number of rotatable bonds is 3. The van der Waals surface area contributed by atoms with Crippen molar-refractivity contribution < 1.29 is 0 Å². The molecule has 0 radical (unpaired) electrons. The van der Waals surface area contributed by atoms with Gasteiger partial charge in [-0.05, 0) is 39.8 Å². The van der Waals surface area contributed by atoms with Crippen LogP contribution in [0.4, 0.5) is 0 Å². The van der Waals surface area contributed by atoms with Gasteiger partial charge >= 0.3 is 0 Å². The van der Waals surface area contributed by atoms with Crippen LogP contribution in [0.1, 0.15) is 36.9 Å². The maximum Gasteiger partial charge on any atom is 0.212 e. The Kier molecular flexibility index (Phi) is 5.59. The number of thiazole rings is 1. The van der Waals surface area contributed by atoms with Crippen molar-refractivity contribution in [1.29, 1.82) is 0 Å². The van der Waals surface area contributed by atoms with Gasteiger partial charge in [-0.2, -0.15) is 5.10 Å². The van der Waals surface area contributed by atoms with Gasteiger partial charge in [-0.25, -0.2) is 15.4 Å². The molecule has 2 heterocycles. The van der Waals surface area contributed by atoms with Crippen molar-refractivity contribution in [2.45, 2.75) is 33.2 Å². The van der Waals surface area contributed by atoms with Gasteiger partial charge in [0.25, 0.3) is 0 Å². The van der Waals surface area contributed by atoms with Crippen molar-refractivity contribution in [1.82, 2.24) is 15.7 Å². The molecule has 140 valence electrons. The second-order valence-corrected chi connectivity index (χ2v) is 7.95. The number of hydrogen-bond donors (Lipinski definition) is 3. The molecule has 0 aliphatic carbocycles. The largest absolute Gasteiger partial charge is 0.353 e. The lowest BCUT2D eigenvalue weighted by Crippen LogP contribution is -2.30. The molecule has 1 aromatic heterocycles. The SMILES string of the molecule is C/C(=N\NC1=NCCN1)c1sc(-c2ccc(C#CC(C)(C)N)cc2)nc1C. The predicted molar refractivity (Wildman–Crippen MR) is 113 cm³/mol. The van der Waals surface area contributed by atoms with E-state index in [4.69, 9.17) is 10.7 Å². The minimum Gasteiger partial charge on any atom is -0.353 e. The average Bonchev–Trinajstić information content (AvgIpc) is 3.27. The van der Waals surface area contributed by atoms with Crippen LogP contribution in [-0.2, 0) is 0 Å². The standard InChI is InChI=1S/C20H24N6S/c1-13-17(14(2)25-26-19-22-11-12-23-19)27-18(24-13)16-7-5-15(6-8-16)9-10-20(3,4)21/h5-8H,11-12,21H2,1-4H3,(H2,22,23,26)/b25-14+. The molecule has 1 aromatic carbocycles. The number of nitrogens with two attached hydrogens (primary N) is 1. The van der Waals surface area contributed by atoms with Crippen LogP contribution in [0, 0.1) is 18.8 Å². The maximum atomic E-state index is 5.91. The molecule has 6 nitrogen and oxygen atoms in total. The average molecular weight is 381 g/mol. The van der Waals surface area contributed by atoms with E-state index >= 15 is 0 Å². The number of hydrogen-bond acceptors (Lipinski definition) is 7. The van der Waals surface area contributed by atoms with Crippen LogP contribution in [0.2, 0.25) is 0 Å². The Morgan fingerprint density at radius 3 is 2.70 bits per heavy atom. The molecule has 0 bridgehead atoms. The molecule has 0 unspecified atom stereocenters. The number of nitrogens with one attached hydrogen (secondary N) is 2. The molecule has 4 N–H and O–H groups in total. The summed E-state index contributed by atoms with van der Waals surface area (Å²) in [5.41, 5.74) is 12.2. The molecular weight excluding hydrogens is 356 g/mol. The highest BCUT2D eigenvalue weighted by Gasteiger charge is 2.13. The zero-order valence-electron chi connectivity index (χ0n) is 16.1. The van der Waals surface area contributed by atoms with Crippen molar-refractivity contribution in [3.05, 3.63) is 40.4 Å². The van der Waals surface area contributed by atoms with Gasteiger partial charge in [0.05, 0.1) is 28.4 Å². The van der Waals surface area contributed by atoms with Crippen LogP contribution >= 0.6 is 11.3 Å². The van der Waals surface area contributed by atoms with Gasteiger partial charge in [0.15, 0.2) is 0 Å². The first-order valence-electron chi connectivity index (χ1n) is 8.81. The van der Waals surface area contributed by atoms with Gasteiger partial charge < -0.3 is 11.1 Å². The molecule has 0 atom stereocenters. The Bertz CT molecular complexity index is 936. The van der Waals surface area contributed by atoms with Gasteiger partial charge in [-0.1, -0.05) is 24.0 Å². The zero-order chi connectivity index (χ0) is 19.4. The molecule has 27 heavy (non-hydrogen) atoms. The molecule has 0 amide bonds. The van der Waals surface area contributed by atoms with E-state index in [1.165, 1.54) is 0 Å². The molecule has 1 aliphatic heterocycles. The van der Waals surface area contributed by atoms with Crippen LogP contribution in [0.25, 0.3) is 10.6 Å². The van der Waals surface area contributed by atoms with Crippen molar-refractivity contribution in [2.24, 2.45) is 15.8 Å². The number of guanidine groups is 1. The van der Waals surface area contributed by atoms with Crippen molar-refractivity contribution in [2.75, 3.05) is 13.1 Å². The number of nitrogens with zero attached hydrogens (tertiary/aromatic N) is 3. The highest BCUT2D eigenvalue weighted by atomic mass is 32.1. The second-order valence-electron chi connectivity index (χ2n) is 6.95. The van der Waals surface area contributed by atoms with E-state index in [0.717, 1.165) is 45.5 Å². The lowest BCUT2D eigenvalue weighted by molar-refractivity contribution is 0.680. The topological polar surface area (TPSA) is 87.7 Å². The van der Waals surface area contributed by atoms with Gasteiger partial charge in [0, 0.05) is 17.7 Å². The van der Waals surface area contributed by atoms with Crippen LogP contribution in [0.15, 0.2) is 34.4 Å². The highest BCUT2D eigenvalue weighted by Crippen LogP contribution is 2.28. The third kappa shape index (κ3) is 5.16. The number of benzene rings is 1. The lowest BCUT2D eigenvalue weighted by Gasteiger charge is -2.07. The Hall–Kier alpha value is -2.69. The van der Waals surface area contributed by atoms with E-state index < -0.39 is 5.54 Å². The molecule has 0 fully saturated rings. The van der Waals surface area contributed by atoms with Gasteiger partial charge in [-0.3, -0.25) is 0 Å². The first-order chi connectivity index (χ1) is 12.8. The minimum atomic E-state index is -0.496. The summed E-state index contributed by atoms with van der Waals surface area (Å²) in [5.74, 6) is 6.86. The highest BCUT2D eigenvalue weighted by molar-refractivity contribution is 7.17. The summed E-state index contributed by atoms with van der Waals surface area (Å²) in [6.07, 6.45) is 0. The third-order valence-corrected chi connectivity index (χ3v) is 5.11. The molecule has 2 aromatic rings. The molecule has 3 rings (SSSR count). The summed E-state index contributed by atoms with van der Waals surface area (Å²) in [7, 11) is 0. The first-order valence-corrected chi connectivity index (χ1v) is 9.62. The fourth-order valence-electron chi connectivity index (χ4n) is 2.45. The summed E-state index contributed by atoms with van der Waals surface area (Å²) in [5, 5.41) is 8.52. The quantitative estimate of drug-likeness (QED) is 0.434. The van der Waals surface area contributed by atoms with Crippen molar-refractivity contribution in [3.63, 3.8) is 0 Å². The molecule has 1 aliphatic rings. The van der Waals surface area contributed by atoms with Crippen LogP contribution < -0.4 is 16.5 Å². The van der Waals surface area contributed by atoms with E-state index in [0.29, 0.717) is 5.96 Å². The Morgan fingerprint density at radius 1 is 1.33 bits per heavy atom. The van der Waals surface area contributed by atoms with E-state index in [1.807, 2.05) is 52.0 Å². The zero-order valence-corrected chi connectivity index (χ0v) is 16.9. The number of aryl methyl sites for hydroxylation is 1. The smallest absolute Gasteiger partial charge is 0.212 e. The Balaban J connectivity index is 1.77. The second kappa shape index (κ2) is 7.91. The summed E-state index contributed by atoms with van der Waals surface area (Å²) < 4.78 is 0. The van der Waals surface area contributed by atoms with Crippen molar-refractivity contribution >= 4 is 23.0 Å². The fraction of sp³-hybridized carbons (Fsp3) is 0.350.